The van der Waals surface area contributed by atoms with Crippen LogP contribution >= 0.6 is 0 Å². The van der Waals surface area contributed by atoms with Crippen LogP contribution in [0.1, 0.15) is 50.8 Å². The fraction of sp³-hybridized carbons (Fsp3) is 0.647. The van der Waals surface area contributed by atoms with Crippen molar-refractivity contribution in [2.45, 2.75) is 51.3 Å². The van der Waals surface area contributed by atoms with Crippen molar-refractivity contribution in [2.24, 2.45) is 5.92 Å². The number of hydrogen-bond acceptors (Lipinski definition) is 3. The molecular weight excluding hydrogens is 282 g/mol. The van der Waals surface area contributed by atoms with E-state index in [0.717, 1.165) is 25.8 Å². The Morgan fingerprint density at radius 1 is 1.29 bits per heavy atom. The first-order valence-corrected chi connectivity index (χ1v) is 9.70. The molecule has 0 bridgehead atoms. The summed E-state index contributed by atoms with van der Waals surface area (Å²) < 4.78 is 25.6. The van der Waals surface area contributed by atoms with E-state index < -0.39 is 9.84 Å². The largest absolute Gasteiger partial charge is 0.309 e. The Morgan fingerprint density at radius 2 is 2.00 bits per heavy atom. The van der Waals surface area contributed by atoms with Gasteiger partial charge in [0.25, 0.3) is 0 Å². The monoisotopic (exact) mass is 309 g/mol. The third-order valence-corrected chi connectivity index (χ3v) is 6.71. The lowest BCUT2D eigenvalue weighted by Crippen LogP contribution is -2.39. The highest BCUT2D eigenvalue weighted by atomic mass is 32.2. The minimum atomic E-state index is -3.08. The number of hydrogen-bond donors (Lipinski definition) is 1. The molecular formula is C17H27NO2S. The SMILES string of the molecule is CCNC1c2ccccc2CCCC1S(=O)(=O)CC(C)C. The smallest absolute Gasteiger partial charge is 0.155 e. The summed E-state index contributed by atoms with van der Waals surface area (Å²) in [4.78, 5) is 0. The maximum Gasteiger partial charge on any atom is 0.155 e. The van der Waals surface area contributed by atoms with Gasteiger partial charge in [-0.05, 0) is 42.9 Å². The molecule has 2 rings (SSSR count). The molecule has 0 spiro atoms. The molecule has 1 aliphatic carbocycles. The number of rotatable bonds is 5. The topological polar surface area (TPSA) is 46.2 Å². The molecule has 0 saturated heterocycles. The summed E-state index contributed by atoms with van der Waals surface area (Å²) in [5, 5.41) is 3.13. The molecule has 4 heteroatoms. The Hall–Kier alpha value is -0.870. The molecule has 1 aliphatic rings. The molecule has 2 atom stereocenters. The van der Waals surface area contributed by atoms with Crippen LogP contribution in [0.2, 0.25) is 0 Å². The van der Waals surface area contributed by atoms with Gasteiger partial charge in [0, 0.05) is 6.04 Å². The predicted octanol–water partition coefficient (Wildman–Crippen LogP) is 3.11. The zero-order valence-electron chi connectivity index (χ0n) is 13.3. The van der Waals surface area contributed by atoms with Crippen LogP contribution in [0.15, 0.2) is 24.3 Å². The molecule has 1 aromatic carbocycles. The van der Waals surface area contributed by atoms with E-state index in [2.05, 4.69) is 17.4 Å². The summed E-state index contributed by atoms with van der Waals surface area (Å²) in [6.45, 7) is 6.78. The van der Waals surface area contributed by atoms with E-state index in [-0.39, 0.29) is 23.0 Å². The van der Waals surface area contributed by atoms with Crippen molar-refractivity contribution in [3.8, 4) is 0 Å². The quantitative estimate of drug-likeness (QED) is 0.850. The van der Waals surface area contributed by atoms with Crippen LogP contribution in [0.4, 0.5) is 0 Å². The van der Waals surface area contributed by atoms with E-state index in [1.807, 2.05) is 32.9 Å². The van der Waals surface area contributed by atoms with Gasteiger partial charge in [0.15, 0.2) is 9.84 Å². The van der Waals surface area contributed by atoms with Gasteiger partial charge in [-0.3, -0.25) is 0 Å². The summed E-state index contributed by atoms with van der Waals surface area (Å²) in [6, 6.07) is 8.21. The molecule has 1 aromatic rings. The third-order valence-electron chi connectivity index (χ3n) is 4.15. The van der Waals surface area contributed by atoms with Gasteiger partial charge >= 0.3 is 0 Å². The second-order valence-electron chi connectivity index (χ2n) is 6.39. The number of benzene rings is 1. The van der Waals surface area contributed by atoms with Gasteiger partial charge in [0.2, 0.25) is 0 Å². The Balaban J connectivity index is 2.41. The molecule has 0 saturated carbocycles. The minimum Gasteiger partial charge on any atom is -0.309 e. The molecule has 1 N–H and O–H groups in total. The summed E-state index contributed by atoms with van der Waals surface area (Å²) in [7, 11) is -3.08. The molecule has 0 heterocycles. The molecule has 0 aliphatic heterocycles. The van der Waals surface area contributed by atoms with Crippen molar-refractivity contribution in [3.05, 3.63) is 35.4 Å². The Bertz CT molecular complexity index is 566. The standard InChI is InChI=1S/C17H27NO2S/c1-4-18-17-15-10-6-5-8-14(15)9-7-11-16(17)21(19,20)12-13(2)3/h5-6,8,10,13,16-18H,4,7,9,11-12H2,1-3H3. The van der Waals surface area contributed by atoms with Crippen molar-refractivity contribution >= 4 is 9.84 Å². The Morgan fingerprint density at radius 3 is 2.67 bits per heavy atom. The highest BCUT2D eigenvalue weighted by Gasteiger charge is 2.36. The zero-order valence-corrected chi connectivity index (χ0v) is 14.1. The molecule has 21 heavy (non-hydrogen) atoms. The van der Waals surface area contributed by atoms with E-state index in [0.29, 0.717) is 0 Å². The lowest BCUT2D eigenvalue weighted by molar-refractivity contribution is 0.478. The second kappa shape index (κ2) is 6.93. The first-order chi connectivity index (χ1) is 9.95. The van der Waals surface area contributed by atoms with Crippen molar-refractivity contribution in [1.82, 2.24) is 5.32 Å². The molecule has 118 valence electrons. The van der Waals surface area contributed by atoms with Crippen LogP contribution in [0.5, 0.6) is 0 Å². The van der Waals surface area contributed by atoms with Crippen LogP contribution in [-0.4, -0.2) is 26.0 Å². The van der Waals surface area contributed by atoms with Gasteiger partial charge in [-0.2, -0.15) is 0 Å². The van der Waals surface area contributed by atoms with Gasteiger partial charge in [0.1, 0.15) is 0 Å². The average molecular weight is 309 g/mol. The van der Waals surface area contributed by atoms with E-state index >= 15 is 0 Å². The minimum absolute atomic E-state index is 0.0718. The average Bonchev–Trinajstić information content (AvgIpc) is 2.58. The van der Waals surface area contributed by atoms with Crippen molar-refractivity contribution in [3.63, 3.8) is 0 Å². The summed E-state index contributed by atoms with van der Waals surface area (Å²) >= 11 is 0. The van der Waals surface area contributed by atoms with Crippen LogP contribution in [0.3, 0.4) is 0 Å². The lowest BCUT2D eigenvalue weighted by atomic mass is 9.99. The van der Waals surface area contributed by atoms with Gasteiger partial charge in [-0.25, -0.2) is 8.42 Å². The van der Waals surface area contributed by atoms with Crippen LogP contribution in [0.25, 0.3) is 0 Å². The maximum atomic E-state index is 12.8. The van der Waals surface area contributed by atoms with Crippen molar-refractivity contribution in [1.29, 1.82) is 0 Å². The fourth-order valence-corrected chi connectivity index (χ4v) is 5.72. The van der Waals surface area contributed by atoms with E-state index in [1.54, 1.807) is 0 Å². The third kappa shape index (κ3) is 3.86. The van der Waals surface area contributed by atoms with Gasteiger partial charge < -0.3 is 5.32 Å². The highest BCUT2D eigenvalue weighted by Crippen LogP contribution is 2.33. The first kappa shape index (κ1) is 16.5. The zero-order chi connectivity index (χ0) is 15.5. The van der Waals surface area contributed by atoms with E-state index in [9.17, 15) is 8.42 Å². The van der Waals surface area contributed by atoms with Gasteiger partial charge in [0.05, 0.1) is 11.0 Å². The predicted molar refractivity (Wildman–Crippen MR) is 88.2 cm³/mol. The maximum absolute atomic E-state index is 12.8. The van der Waals surface area contributed by atoms with Crippen molar-refractivity contribution in [2.75, 3.05) is 12.3 Å². The second-order valence-corrected chi connectivity index (χ2v) is 8.65. The van der Waals surface area contributed by atoms with Crippen molar-refractivity contribution < 1.29 is 8.42 Å². The van der Waals surface area contributed by atoms with Crippen LogP contribution in [0, 0.1) is 5.92 Å². The molecule has 0 amide bonds. The lowest BCUT2D eigenvalue weighted by Gasteiger charge is -2.28. The van der Waals surface area contributed by atoms with Gasteiger partial charge in [-0.15, -0.1) is 0 Å². The number of fused-ring (bicyclic) bond motifs is 1. The Kier molecular flexibility index (Phi) is 5.44. The summed E-state index contributed by atoms with van der Waals surface area (Å²) in [5.41, 5.74) is 2.47. The van der Waals surface area contributed by atoms with E-state index in [4.69, 9.17) is 0 Å². The van der Waals surface area contributed by atoms with E-state index in [1.165, 1.54) is 11.1 Å². The molecule has 0 radical (unpaired) electrons. The molecule has 3 nitrogen and oxygen atoms in total. The highest BCUT2D eigenvalue weighted by molar-refractivity contribution is 7.92. The summed E-state index contributed by atoms with van der Waals surface area (Å²) in [6.07, 6.45) is 2.67. The molecule has 2 unspecified atom stereocenters. The van der Waals surface area contributed by atoms with Crippen LogP contribution < -0.4 is 5.32 Å². The normalized spacial score (nSPS) is 22.9. The molecule has 0 aromatic heterocycles. The number of nitrogens with one attached hydrogen (secondary N) is 1. The first-order valence-electron chi connectivity index (χ1n) is 7.98. The number of sulfone groups is 1. The summed E-state index contributed by atoms with van der Waals surface area (Å²) in [5.74, 6) is 0.456. The number of aryl methyl sites for hydroxylation is 1. The van der Waals surface area contributed by atoms with Crippen LogP contribution in [-0.2, 0) is 16.3 Å². The van der Waals surface area contributed by atoms with Gasteiger partial charge in [-0.1, -0.05) is 45.0 Å². The Labute approximate surface area is 129 Å². The fourth-order valence-electron chi connectivity index (χ4n) is 3.36. The molecule has 0 fully saturated rings.